The number of hydrogen-bond donors (Lipinski definition) is 2. The van der Waals surface area contributed by atoms with E-state index in [1.807, 2.05) is 30.3 Å². The molecule has 2 saturated heterocycles. The second kappa shape index (κ2) is 10.2. The van der Waals surface area contributed by atoms with Gasteiger partial charge in [-0.25, -0.2) is 13.8 Å². The van der Waals surface area contributed by atoms with Gasteiger partial charge in [-0.1, -0.05) is 30.3 Å². The Morgan fingerprint density at radius 1 is 1.27 bits per heavy atom. The van der Waals surface area contributed by atoms with Crippen LogP contribution in [0.15, 0.2) is 30.3 Å². The average molecular weight is 449 g/mol. The molecule has 0 aromatic heterocycles. The number of carbonyl (C=O) groups is 1. The Bertz CT molecular complexity index is 687. The molecule has 168 valence electrons. The lowest BCUT2D eigenvalue weighted by Crippen LogP contribution is -2.57. The predicted molar refractivity (Wildman–Crippen MR) is 105 cm³/mol. The number of nitrogens with one attached hydrogen (secondary N) is 1. The van der Waals surface area contributed by atoms with E-state index in [-0.39, 0.29) is 13.1 Å². The van der Waals surface area contributed by atoms with Crippen molar-refractivity contribution in [3.05, 3.63) is 35.9 Å². The van der Waals surface area contributed by atoms with Crippen LogP contribution in [-0.2, 0) is 16.0 Å². The minimum atomic E-state index is -4.79. The maximum absolute atomic E-state index is 12.7. The Hall–Kier alpha value is -1.53. The highest BCUT2D eigenvalue weighted by molar-refractivity contribution is 7.95. The van der Waals surface area contributed by atoms with Crippen LogP contribution in [0.5, 0.6) is 0 Å². The molecule has 2 fully saturated rings. The number of morpholine rings is 1. The lowest BCUT2D eigenvalue weighted by atomic mass is 9.90. The van der Waals surface area contributed by atoms with Gasteiger partial charge in [-0.2, -0.15) is 13.2 Å². The van der Waals surface area contributed by atoms with Crippen molar-refractivity contribution in [1.82, 2.24) is 13.9 Å². The van der Waals surface area contributed by atoms with Gasteiger partial charge >= 0.3 is 12.3 Å². The number of amides is 1. The number of alkyl halides is 3. The molecule has 0 saturated carbocycles. The summed E-state index contributed by atoms with van der Waals surface area (Å²) in [4.78, 5) is 13.3. The van der Waals surface area contributed by atoms with E-state index >= 15 is 0 Å². The van der Waals surface area contributed by atoms with Crippen LogP contribution in [0.1, 0.15) is 18.4 Å². The number of nitrogens with zero attached hydrogens (tertiary/aromatic N) is 2. The SMILES string of the molecule is O=C(OC(CO)C(F)(F)F)N1CCC2(CC1)CN(SNCc1ccccc1)CCO2. The molecule has 0 bridgehead atoms. The largest absolute Gasteiger partial charge is 0.434 e. The van der Waals surface area contributed by atoms with Crippen molar-refractivity contribution < 1.29 is 32.5 Å². The summed E-state index contributed by atoms with van der Waals surface area (Å²) in [6, 6.07) is 10.0. The number of carbonyl (C=O) groups excluding carboxylic acids is 1. The van der Waals surface area contributed by atoms with Crippen LogP contribution in [-0.4, -0.2) is 77.7 Å². The van der Waals surface area contributed by atoms with Gasteiger partial charge in [0.2, 0.25) is 6.10 Å². The van der Waals surface area contributed by atoms with Gasteiger partial charge < -0.3 is 19.5 Å². The van der Waals surface area contributed by atoms with Crippen molar-refractivity contribution >= 4 is 18.2 Å². The molecular formula is C19H26F3N3O4S. The fourth-order valence-electron chi connectivity index (χ4n) is 3.49. The van der Waals surface area contributed by atoms with Crippen molar-refractivity contribution in [2.24, 2.45) is 0 Å². The lowest BCUT2D eigenvalue weighted by molar-refractivity contribution is -0.215. The second-order valence-corrected chi connectivity index (χ2v) is 8.36. The van der Waals surface area contributed by atoms with Crippen molar-refractivity contribution in [3.8, 4) is 0 Å². The summed E-state index contributed by atoms with van der Waals surface area (Å²) in [5.74, 6) is 0. The predicted octanol–water partition coefficient (Wildman–Crippen LogP) is 2.57. The minimum Gasteiger partial charge on any atom is -0.434 e. The average Bonchev–Trinajstić information content (AvgIpc) is 2.72. The molecule has 2 aliphatic heterocycles. The van der Waals surface area contributed by atoms with Gasteiger partial charge in [0, 0.05) is 44.9 Å². The van der Waals surface area contributed by atoms with Gasteiger partial charge in [-0.15, -0.1) is 0 Å². The standard InChI is InChI=1S/C19H26F3N3O4S/c20-19(21,22)16(13-26)29-17(27)24-8-6-18(7-9-24)14-25(10-11-28-18)30-23-12-15-4-2-1-3-5-15/h1-5,16,23,26H,6-14H2. The van der Waals surface area contributed by atoms with Gasteiger partial charge in [0.15, 0.2) is 0 Å². The van der Waals surface area contributed by atoms with E-state index < -0.39 is 30.6 Å². The monoisotopic (exact) mass is 449 g/mol. The Labute approximate surface area is 177 Å². The van der Waals surface area contributed by atoms with Gasteiger partial charge in [0.05, 0.1) is 18.8 Å². The molecular weight excluding hydrogens is 423 g/mol. The third-order valence-electron chi connectivity index (χ3n) is 5.23. The summed E-state index contributed by atoms with van der Waals surface area (Å²) < 4.78 is 54.0. The Kier molecular flexibility index (Phi) is 7.86. The van der Waals surface area contributed by atoms with Gasteiger partial charge in [0.1, 0.15) is 0 Å². The molecule has 1 amide bonds. The zero-order valence-corrected chi connectivity index (χ0v) is 17.3. The third-order valence-corrected chi connectivity index (χ3v) is 6.08. The number of aliphatic hydroxyl groups excluding tert-OH is 1. The minimum absolute atomic E-state index is 0.241. The first-order chi connectivity index (χ1) is 14.3. The highest BCUT2D eigenvalue weighted by Crippen LogP contribution is 2.32. The summed E-state index contributed by atoms with van der Waals surface area (Å²) in [6.07, 6.45) is -7.35. The Morgan fingerprint density at radius 3 is 2.60 bits per heavy atom. The molecule has 2 N–H and O–H groups in total. The quantitative estimate of drug-likeness (QED) is 0.647. The summed E-state index contributed by atoms with van der Waals surface area (Å²) in [6.45, 7) is 1.87. The highest BCUT2D eigenvalue weighted by Gasteiger charge is 2.45. The molecule has 2 aliphatic rings. The molecule has 1 aromatic carbocycles. The van der Waals surface area contributed by atoms with E-state index in [0.717, 1.165) is 13.1 Å². The molecule has 1 unspecified atom stereocenters. The van der Waals surface area contributed by atoms with Crippen molar-refractivity contribution in [1.29, 1.82) is 0 Å². The van der Waals surface area contributed by atoms with Crippen LogP contribution in [0.3, 0.4) is 0 Å². The molecule has 1 atom stereocenters. The molecule has 1 spiro atoms. The number of aliphatic hydroxyl groups is 1. The van der Waals surface area contributed by atoms with E-state index in [9.17, 15) is 18.0 Å². The van der Waals surface area contributed by atoms with Gasteiger partial charge in [-0.3, -0.25) is 0 Å². The molecule has 0 radical (unpaired) electrons. The first-order valence-corrected chi connectivity index (χ1v) is 10.5. The molecule has 3 rings (SSSR count). The fraction of sp³-hybridized carbons (Fsp3) is 0.632. The maximum Gasteiger partial charge on any atom is 0.427 e. The smallest absolute Gasteiger partial charge is 0.427 e. The summed E-state index contributed by atoms with van der Waals surface area (Å²) in [5, 5.41) is 8.83. The van der Waals surface area contributed by atoms with Crippen LogP contribution in [0.4, 0.5) is 18.0 Å². The van der Waals surface area contributed by atoms with E-state index in [1.165, 1.54) is 22.6 Å². The number of likely N-dealkylation sites (tertiary alicyclic amines) is 1. The fourth-order valence-corrected chi connectivity index (χ4v) is 4.37. The molecule has 2 heterocycles. The number of hydrogen-bond acceptors (Lipinski definition) is 7. The zero-order valence-electron chi connectivity index (χ0n) is 16.4. The van der Waals surface area contributed by atoms with Gasteiger partial charge in [0.25, 0.3) is 0 Å². The first kappa shape index (κ1) is 23.1. The number of piperidine rings is 1. The molecule has 0 aliphatic carbocycles. The molecule has 1 aromatic rings. The maximum atomic E-state index is 12.7. The Balaban J connectivity index is 1.45. The van der Waals surface area contributed by atoms with Crippen LogP contribution in [0, 0.1) is 0 Å². The second-order valence-electron chi connectivity index (χ2n) is 7.38. The van der Waals surface area contributed by atoms with Crippen LogP contribution < -0.4 is 4.72 Å². The molecule has 7 nitrogen and oxygen atoms in total. The van der Waals surface area contributed by atoms with E-state index in [0.29, 0.717) is 26.0 Å². The first-order valence-electron chi connectivity index (χ1n) is 9.77. The number of ether oxygens (including phenoxy) is 2. The zero-order chi connectivity index (χ0) is 21.6. The summed E-state index contributed by atoms with van der Waals surface area (Å²) in [7, 11) is 0. The Morgan fingerprint density at radius 2 is 1.97 bits per heavy atom. The summed E-state index contributed by atoms with van der Waals surface area (Å²) >= 11 is 1.53. The normalized spacial score (nSPS) is 20.9. The lowest BCUT2D eigenvalue weighted by Gasteiger charge is -2.46. The van der Waals surface area contributed by atoms with Gasteiger partial charge in [-0.05, 0) is 18.4 Å². The third kappa shape index (κ3) is 6.24. The van der Waals surface area contributed by atoms with Crippen molar-refractivity contribution in [3.63, 3.8) is 0 Å². The van der Waals surface area contributed by atoms with Crippen molar-refractivity contribution in [2.75, 3.05) is 39.4 Å². The molecule has 30 heavy (non-hydrogen) atoms. The van der Waals surface area contributed by atoms with Crippen LogP contribution >= 0.6 is 12.1 Å². The topological polar surface area (TPSA) is 74.3 Å². The molecule has 11 heteroatoms. The van der Waals surface area contributed by atoms with Crippen molar-refractivity contribution in [2.45, 2.75) is 37.3 Å². The van der Waals surface area contributed by atoms with E-state index in [2.05, 4.69) is 13.8 Å². The number of rotatable bonds is 6. The van der Waals surface area contributed by atoms with E-state index in [1.54, 1.807) is 0 Å². The summed E-state index contributed by atoms with van der Waals surface area (Å²) in [5.41, 5.74) is 0.747. The van der Waals surface area contributed by atoms with E-state index in [4.69, 9.17) is 9.84 Å². The van der Waals surface area contributed by atoms with Crippen LogP contribution in [0.25, 0.3) is 0 Å². The number of benzene rings is 1. The van der Waals surface area contributed by atoms with Crippen LogP contribution in [0.2, 0.25) is 0 Å². The number of halogens is 3. The highest BCUT2D eigenvalue weighted by atomic mass is 32.2.